The van der Waals surface area contributed by atoms with Crippen LogP contribution in [0.25, 0.3) is 11.1 Å². The van der Waals surface area contributed by atoms with Gasteiger partial charge in [0.2, 0.25) is 0 Å². The van der Waals surface area contributed by atoms with E-state index in [1.54, 1.807) is 11.0 Å². The van der Waals surface area contributed by atoms with Gasteiger partial charge >= 0.3 is 0 Å². The van der Waals surface area contributed by atoms with E-state index >= 15 is 4.39 Å². The topological polar surface area (TPSA) is 150 Å². The Morgan fingerprint density at radius 2 is 1.85 bits per heavy atom. The second-order valence-electron chi connectivity index (χ2n) is 15.1. The Morgan fingerprint density at radius 1 is 1.08 bits per heavy atom. The summed E-state index contributed by atoms with van der Waals surface area (Å²) in [6.07, 6.45) is 1.58. The van der Waals surface area contributed by atoms with Crippen molar-refractivity contribution in [2.45, 2.75) is 109 Å². The molecule has 0 spiro atoms. The molecule has 0 radical (unpaired) electrons. The fourth-order valence-electron chi connectivity index (χ4n) is 8.11. The van der Waals surface area contributed by atoms with E-state index < -0.39 is 30.5 Å². The molecule has 1 saturated carbocycles. The van der Waals surface area contributed by atoms with Gasteiger partial charge in [-0.25, -0.2) is 4.39 Å². The number of halogens is 1. The van der Waals surface area contributed by atoms with Gasteiger partial charge in [-0.15, -0.1) is 0 Å². The molecule has 11 heteroatoms. The van der Waals surface area contributed by atoms with E-state index in [1.165, 1.54) is 17.2 Å². The SMILES string of the molecule is Cc1ccc(-c2c(C)noc2C)cc1C(CC(C)CCNc1cc2c(cc1F)C(O)N(C1CCC(O)NC1O)C2)Nc1ccc(C2(C#N)CC2)cc1. The molecule has 4 aromatic rings. The molecule has 0 bridgehead atoms. The van der Waals surface area contributed by atoms with Gasteiger partial charge in [-0.05, 0) is 123 Å². The molecular formula is C41H49FN6O4. The molecule has 6 unspecified atom stereocenters. The lowest BCUT2D eigenvalue weighted by atomic mass is 9.88. The Hall–Kier alpha value is -4.31. The summed E-state index contributed by atoms with van der Waals surface area (Å²) in [5, 5.41) is 55.1. The van der Waals surface area contributed by atoms with E-state index in [0.717, 1.165) is 65.1 Å². The fourth-order valence-corrected chi connectivity index (χ4v) is 8.11. The van der Waals surface area contributed by atoms with Crippen molar-refractivity contribution in [3.8, 4) is 17.2 Å². The van der Waals surface area contributed by atoms with Gasteiger partial charge in [-0.1, -0.05) is 36.3 Å². The normalized spacial score (nSPS) is 23.4. The first-order valence-electron chi connectivity index (χ1n) is 18.4. The Morgan fingerprint density at radius 3 is 2.52 bits per heavy atom. The molecule has 1 saturated heterocycles. The number of benzene rings is 3. The number of aliphatic hydroxyl groups excluding tert-OH is 3. The highest BCUT2D eigenvalue weighted by atomic mass is 19.1. The van der Waals surface area contributed by atoms with Crippen molar-refractivity contribution in [3.63, 3.8) is 0 Å². The molecule has 52 heavy (non-hydrogen) atoms. The van der Waals surface area contributed by atoms with Gasteiger partial charge in [-0.3, -0.25) is 10.2 Å². The van der Waals surface area contributed by atoms with E-state index in [-0.39, 0.29) is 17.4 Å². The predicted molar refractivity (Wildman–Crippen MR) is 197 cm³/mol. The van der Waals surface area contributed by atoms with Crippen molar-refractivity contribution in [2.24, 2.45) is 5.92 Å². The van der Waals surface area contributed by atoms with Gasteiger partial charge in [0.1, 0.15) is 30.3 Å². The summed E-state index contributed by atoms with van der Waals surface area (Å²) in [7, 11) is 0. The molecule has 2 fully saturated rings. The van der Waals surface area contributed by atoms with Crippen LogP contribution in [0, 0.1) is 43.8 Å². The Labute approximate surface area is 304 Å². The molecule has 7 rings (SSSR count). The molecule has 1 aromatic heterocycles. The minimum absolute atomic E-state index is 0.0259. The first kappa shape index (κ1) is 36.1. The van der Waals surface area contributed by atoms with Crippen LogP contribution in [-0.4, -0.2) is 50.4 Å². The van der Waals surface area contributed by atoms with Crippen LogP contribution in [0.1, 0.15) is 97.0 Å². The number of hydrogen-bond acceptors (Lipinski definition) is 10. The number of nitrogens with one attached hydrogen (secondary N) is 3. The Balaban J connectivity index is 1.05. The second kappa shape index (κ2) is 14.6. The monoisotopic (exact) mass is 708 g/mol. The third-order valence-corrected chi connectivity index (χ3v) is 11.4. The Bertz CT molecular complexity index is 1930. The van der Waals surface area contributed by atoms with E-state index in [4.69, 9.17) is 4.52 Å². The molecule has 3 heterocycles. The minimum atomic E-state index is -1.03. The summed E-state index contributed by atoms with van der Waals surface area (Å²) in [6, 6.07) is 20.0. The zero-order chi connectivity index (χ0) is 36.7. The van der Waals surface area contributed by atoms with Gasteiger partial charge in [0, 0.05) is 29.9 Å². The van der Waals surface area contributed by atoms with Crippen molar-refractivity contribution < 1.29 is 24.2 Å². The maximum Gasteiger partial charge on any atom is 0.146 e. The van der Waals surface area contributed by atoms with Crippen LogP contribution in [-0.2, 0) is 12.0 Å². The zero-order valence-electron chi connectivity index (χ0n) is 30.3. The van der Waals surface area contributed by atoms with Crippen LogP contribution < -0.4 is 16.0 Å². The molecule has 274 valence electrons. The summed E-state index contributed by atoms with van der Waals surface area (Å²) in [5.41, 5.74) is 8.68. The number of rotatable bonds is 12. The molecule has 6 atom stereocenters. The number of piperidine rings is 1. The smallest absolute Gasteiger partial charge is 0.146 e. The van der Waals surface area contributed by atoms with Crippen LogP contribution in [0.15, 0.2) is 59.1 Å². The molecule has 2 aliphatic heterocycles. The first-order valence-corrected chi connectivity index (χ1v) is 18.4. The lowest BCUT2D eigenvalue weighted by Gasteiger charge is -2.39. The van der Waals surface area contributed by atoms with Gasteiger partial charge in [0.25, 0.3) is 0 Å². The van der Waals surface area contributed by atoms with Crippen molar-refractivity contribution in [2.75, 3.05) is 17.2 Å². The lowest BCUT2D eigenvalue weighted by Crippen LogP contribution is -2.56. The molecular weight excluding hydrogens is 659 g/mol. The van der Waals surface area contributed by atoms with Crippen LogP contribution in [0.4, 0.5) is 15.8 Å². The lowest BCUT2D eigenvalue weighted by molar-refractivity contribution is -0.104. The summed E-state index contributed by atoms with van der Waals surface area (Å²) in [4.78, 5) is 1.76. The maximum atomic E-state index is 15.4. The highest BCUT2D eigenvalue weighted by molar-refractivity contribution is 5.69. The highest BCUT2D eigenvalue weighted by Crippen LogP contribution is 2.48. The highest BCUT2D eigenvalue weighted by Gasteiger charge is 2.45. The number of nitriles is 1. The third kappa shape index (κ3) is 7.19. The van der Waals surface area contributed by atoms with Crippen LogP contribution >= 0.6 is 0 Å². The summed E-state index contributed by atoms with van der Waals surface area (Å²) in [5.74, 6) is 0.608. The first-order chi connectivity index (χ1) is 25.0. The number of aryl methyl sites for hydroxylation is 3. The largest absolute Gasteiger partial charge is 0.383 e. The van der Waals surface area contributed by atoms with Crippen molar-refractivity contribution in [1.82, 2.24) is 15.4 Å². The molecule has 3 aliphatic rings. The number of hydrogen-bond donors (Lipinski definition) is 6. The quantitative estimate of drug-likeness (QED) is 0.0924. The Kier molecular flexibility index (Phi) is 10.1. The molecule has 6 N–H and O–H groups in total. The van der Waals surface area contributed by atoms with Gasteiger partial charge in [0.15, 0.2) is 0 Å². The molecule has 1 aliphatic carbocycles. The van der Waals surface area contributed by atoms with Gasteiger partial charge < -0.3 is 30.5 Å². The average Bonchev–Trinajstić information content (AvgIpc) is 3.77. The van der Waals surface area contributed by atoms with Gasteiger partial charge in [0.05, 0.1) is 34.9 Å². The molecule has 3 aromatic carbocycles. The summed E-state index contributed by atoms with van der Waals surface area (Å²) >= 11 is 0. The molecule has 10 nitrogen and oxygen atoms in total. The van der Waals surface area contributed by atoms with Crippen LogP contribution in [0.2, 0.25) is 0 Å². The number of fused-ring (bicyclic) bond motifs is 1. The summed E-state index contributed by atoms with van der Waals surface area (Å²) in [6.45, 7) is 9.16. The van der Waals surface area contributed by atoms with Crippen molar-refractivity contribution >= 4 is 11.4 Å². The van der Waals surface area contributed by atoms with E-state index in [0.29, 0.717) is 37.2 Å². The second-order valence-corrected chi connectivity index (χ2v) is 15.1. The fraction of sp³-hybridized carbons (Fsp3) is 0.463. The minimum Gasteiger partial charge on any atom is -0.383 e. The maximum absolute atomic E-state index is 15.4. The van der Waals surface area contributed by atoms with E-state index in [1.807, 2.05) is 13.8 Å². The molecule has 0 amide bonds. The van der Waals surface area contributed by atoms with Crippen molar-refractivity contribution in [3.05, 3.63) is 99.7 Å². The summed E-state index contributed by atoms with van der Waals surface area (Å²) < 4.78 is 20.9. The van der Waals surface area contributed by atoms with E-state index in [9.17, 15) is 20.6 Å². The van der Waals surface area contributed by atoms with Gasteiger partial charge in [-0.2, -0.15) is 5.26 Å². The number of aliphatic hydroxyl groups is 3. The number of aromatic nitrogens is 1. The van der Waals surface area contributed by atoms with Crippen LogP contribution in [0.3, 0.4) is 0 Å². The number of nitrogens with zero attached hydrogens (tertiary/aromatic N) is 3. The number of anilines is 2. The zero-order valence-corrected chi connectivity index (χ0v) is 30.3. The average molecular weight is 709 g/mol. The van der Waals surface area contributed by atoms with Crippen LogP contribution in [0.5, 0.6) is 0 Å². The van der Waals surface area contributed by atoms with Crippen molar-refractivity contribution in [1.29, 1.82) is 5.26 Å². The third-order valence-electron chi connectivity index (χ3n) is 11.4. The predicted octanol–water partition coefficient (Wildman–Crippen LogP) is 6.84. The van der Waals surface area contributed by atoms with E-state index in [2.05, 4.69) is 83.5 Å². The standard InChI is InChI=1S/C41H49FN6O4/c1-23(13-16-44-35-19-28-21-48(40(51)32(28)20-33(35)42)36-11-12-37(49)46-39(36)50)17-34(45-30-9-7-29(8-10-30)41(22-43)14-15-41)31-18-27(6-5-24(31)2)38-25(3)47-52-26(38)4/h5-10,18-20,23,34,36-37,39-40,44-46,49-51H,11-17,21H2,1-4H3.